The molecule has 26 heavy (non-hydrogen) atoms. The summed E-state index contributed by atoms with van der Waals surface area (Å²) >= 11 is 11.8. The zero-order valence-corrected chi connectivity index (χ0v) is 16.0. The number of rotatable bonds is 4. The van der Waals surface area contributed by atoms with Gasteiger partial charge in [-0.1, -0.05) is 23.2 Å². The minimum absolute atomic E-state index is 0.0860. The van der Waals surface area contributed by atoms with E-state index in [1.807, 2.05) is 0 Å². The lowest BCUT2D eigenvalue weighted by atomic mass is 10.1. The third kappa shape index (κ3) is 3.67. The van der Waals surface area contributed by atoms with Crippen molar-refractivity contribution in [2.45, 2.75) is 30.2 Å². The van der Waals surface area contributed by atoms with Gasteiger partial charge in [0.25, 0.3) is 10.0 Å². The van der Waals surface area contributed by atoms with Crippen molar-refractivity contribution in [1.82, 2.24) is 14.5 Å². The molecule has 0 bridgehead atoms. The van der Waals surface area contributed by atoms with Crippen LogP contribution in [0.4, 0.5) is 0 Å². The number of halogens is 2. The van der Waals surface area contributed by atoms with Gasteiger partial charge in [0.1, 0.15) is 6.04 Å². The van der Waals surface area contributed by atoms with Crippen molar-refractivity contribution in [2.75, 3.05) is 13.1 Å². The lowest BCUT2D eigenvalue weighted by molar-refractivity contribution is -0.135. The van der Waals surface area contributed by atoms with Gasteiger partial charge in [-0.25, -0.2) is 8.42 Å². The van der Waals surface area contributed by atoms with Crippen LogP contribution in [0.2, 0.25) is 10.0 Å². The first-order valence-corrected chi connectivity index (χ1v) is 10.2. The van der Waals surface area contributed by atoms with Crippen LogP contribution in [0, 0.1) is 0 Å². The van der Waals surface area contributed by atoms with E-state index in [-0.39, 0.29) is 27.3 Å². The quantitative estimate of drug-likeness (QED) is 0.810. The van der Waals surface area contributed by atoms with Crippen molar-refractivity contribution in [2.24, 2.45) is 0 Å². The van der Waals surface area contributed by atoms with Gasteiger partial charge in [0.15, 0.2) is 0 Å². The Bertz CT molecular complexity index is 866. The zero-order chi connectivity index (χ0) is 18.9. The van der Waals surface area contributed by atoms with E-state index in [4.69, 9.17) is 23.2 Å². The molecule has 0 saturated carbocycles. The third-order valence-electron chi connectivity index (χ3n) is 4.35. The molecule has 0 unspecified atom stereocenters. The number of nitrogens with zero attached hydrogens (tertiary/aromatic N) is 2. The summed E-state index contributed by atoms with van der Waals surface area (Å²) in [5, 5.41) is 2.77. The average molecular weight is 418 g/mol. The normalized spacial score (nSPS) is 20.4. The molecule has 2 heterocycles. The lowest BCUT2D eigenvalue weighted by Crippen LogP contribution is -2.51. The van der Waals surface area contributed by atoms with E-state index in [1.54, 1.807) is 4.90 Å². The Morgan fingerprint density at radius 3 is 2.54 bits per heavy atom. The molecule has 1 atom stereocenters. The number of carbonyl (C=O) groups excluding carboxylic acids is 2. The molecule has 1 N–H and O–H groups in total. The van der Waals surface area contributed by atoms with Gasteiger partial charge in [0, 0.05) is 25.5 Å². The second-order valence-electron chi connectivity index (χ2n) is 6.04. The van der Waals surface area contributed by atoms with Gasteiger partial charge in [0.2, 0.25) is 11.8 Å². The summed E-state index contributed by atoms with van der Waals surface area (Å²) in [4.78, 5) is 26.2. The maximum atomic E-state index is 13.0. The Morgan fingerprint density at radius 2 is 1.88 bits per heavy atom. The van der Waals surface area contributed by atoms with Gasteiger partial charge in [-0.05, 0) is 31.0 Å². The zero-order valence-electron chi connectivity index (χ0n) is 13.7. The fraction of sp³-hybridized carbons (Fsp3) is 0.375. The third-order valence-corrected chi connectivity index (χ3v) is 6.87. The molecule has 1 fully saturated rings. The number of amides is 2. The van der Waals surface area contributed by atoms with Crippen LogP contribution in [0.15, 0.2) is 35.5 Å². The summed E-state index contributed by atoms with van der Waals surface area (Å²) in [7, 11) is -4.08. The highest BCUT2D eigenvalue weighted by Crippen LogP contribution is 2.29. The Labute approximate surface area is 161 Å². The van der Waals surface area contributed by atoms with Crippen LogP contribution < -0.4 is 5.32 Å². The summed E-state index contributed by atoms with van der Waals surface area (Å²) in [6.07, 6.45) is 4.06. The molecule has 0 radical (unpaired) electrons. The van der Waals surface area contributed by atoms with Crippen molar-refractivity contribution >= 4 is 45.0 Å². The molecule has 3 rings (SSSR count). The highest BCUT2D eigenvalue weighted by Gasteiger charge is 2.38. The van der Waals surface area contributed by atoms with Crippen LogP contribution in [0.1, 0.15) is 19.3 Å². The molecule has 2 aliphatic rings. The Morgan fingerprint density at radius 1 is 1.19 bits per heavy atom. The van der Waals surface area contributed by atoms with Crippen molar-refractivity contribution < 1.29 is 18.0 Å². The summed E-state index contributed by atoms with van der Waals surface area (Å²) in [6, 6.07) is 2.74. The van der Waals surface area contributed by atoms with Crippen molar-refractivity contribution in [3.8, 4) is 0 Å². The fourth-order valence-electron chi connectivity index (χ4n) is 2.96. The fourth-order valence-corrected chi connectivity index (χ4v) is 4.80. The van der Waals surface area contributed by atoms with Gasteiger partial charge < -0.3 is 10.2 Å². The number of sulfonamides is 1. The van der Waals surface area contributed by atoms with Gasteiger partial charge >= 0.3 is 0 Å². The van der Waals surface area contributed by atoms with Gasteiger partial charge in [-0.15, -0.1) is 0 Å². The molecule has 0 aromatic heterocycles. The first-order valence-electron chi connectivity index (χ1n) is 8.04. The highest BCUT2D eigenvalue weighted by atomic mass is 35.5. The molecule has 10 heteroatoms. The van der Waals surface area contributed by atoms with E-state index >= 15 is 0 Å². The predicted molar refractivity (Wildman–Crippen MR) is 97.0 cm³/mol. The van der Waals surface area contributed by atoms with Crippen molar-refractivity contribution in [3.05, 3.63) is 40.6 Å². The van der Waals surface area contributed by atoms with Gasteiger partial charge in [-0.2, -0.15) is 0 Å². The Kier molecular flexibility index (Phi) is 5.45. The van der Waals surface area contributed by atoms with Crippen LogP contribution in [-0.4, -0.2) is 48.6 Å². The van der Waals surface area contributed by atoms with E-state index in [0.717, 1.165) is 17.1 Å². The van der Waals surface area contributed by atoms with E-state index in [0.29, 0.717) is 13.1 Å². The molecular weight excluding hydrogens is 401 g/mol. The molecule has 7 nitrogen and oxygen atoms in total. The van der Waals surface area contributed by atoms with Crippen LogP contribution in [0.25, 0.3) is 0 Å². The van der Waals surface area contributed by atoms with Gasteiger partial charge in [-0.3, -0.25) is 13.9 Å². The Hall–Kier alpha value is -1.77. The van der Waals surface area contributed by atoms with Gasteiger partial charge in [0.05, 0.1) is 21.4 Å². The van der Waals surface area contributed by atoms with Crippen molar-refractivity contribution in [1.29, 1.82) is 0 Å². The maximum Gasteiger partial charge on any atom is 0.264 e. The van der Waals surface area contributed by atoms with Crippen LogP contribution in [0.3, 0.4) is 0 Å². The number of hydrogen-bond donors (Lipinski definition) is 1. The number of hydrogen-bond acceptors (Lipinski definition) is 4. The molecule has 0 aliphatic carbocycles. The molecule has 0 spiro atoms. The maximum absolute atomic E-state index is 13.0. The first kappa shape index (κ1) is 19.0. The number of nitrogens with one attached hydrogen (secondary N) is 1. The van der Waals surface area contributed by atoms with E-state index in [9.17, 15) is 18.0 Å². The first-order chi connectivity index (χ1) is 12.3. The topological polar surface area (TPSA) is 86.8 Å². The average Bonchev–Trinajstić information content (AvgIpc) is 3.13. The molecule has 1 saturated heterocycles. The Balaban J connectivity index is 1.90. The number of likely N-dealkylation sites (tertiary alicyclic amines) is 1. The summed E-state index contributed by atoms with van der Waals surface area (Å²) in [6.45, 7) is 1.26. The molecule has 2 amide bonds. The van der Waals surface area contributed by atoms with E-state index in [1.165, 1.54) is 30.6 Å². The van der Waals surface area contributed by atoms with Crippen molar-refractivity contribution in [3.63, 3.8) is 0 Å². The number of benzene rings is 1. The minimum Gasteiger partial charge on any atom is -0.343 e. The van der Waals surface area contributed by atoms with E-state index < -0.39 is 22.0 Å². The molecule has 1 aromatic carbocycles. The molecule has 1 aromatic rings. The SMILES string of the molecule is O=C1NC=CN(S(=O)(=O)c2ccc(Cl)c(Cl)c2)[C@@H]1CC(=O)N1CCCC1. The monoisotopic (exact) mass is 417 g/mol. The number of carbonyl (C=O) groups is 2. The van der Waals surface area contributed by atoms with Crippen LogP contribution in [-0.2, 0) is 19.6 Å². The summed E-state index contributed by atoms with van der Waals surface area (Å²) in [5.41, 5.74) is 0. The van der Waals surface area contributed by atoms with Crippen LogP contribution >= 0.6 is 23.2 Å². The lowest BCUT2D eigenvalue weighted by Gasteiger charge is -2.32. The second kappa shape index (κ2) is 7.46. The molecular formula is C16H17Cl2N3O4S. The van der Waals surface area contributed by atoms with Crippen LogP contribution in [0.5, 0.6) is 0 Å². The predicted octanol–water partition coefficient (Wildman–Crippen LogP) is 1.97. The second-order valence-corrected chi connectivity index (χ2v) is 8.70. The largest absolute Gasteiger partial charge is 0.343 e. The molecule has 140 valence electrons. The minimum atomic E-state index is -4.08. The standard InChI is InChI=1S/C16H17Cl2N3O4S/c17-12-4-3-11(9-13(12)18)26(24,25)21-8-5-19-16(23)14(21)10-15(22)20-6-1-2-7-20/h3-5,8-9,14H,1-2,6-7,10H2,(H,19,23)/t14-/m1/s1. The van der Waals surface area contributed by atoms with E-state index in [2.05, 4.69) is 5.32 Å². The summed E-state index contributed by atoms with van der Waals surface area (Å²) < 4.78 is 26.9. The smallest absolute Gasteiger partial charge is 0.264 e. The highest BCUT2D eigenvalue weighted by molar-refractivity contribution is 7.89. The summed E-state index contributed by atoms with van der Waals surface area (Å²) in [5.74, 6) is -0.795. The molecule has 2 aliphatic heterocycles.